The summed E-state index contributed by atoms with van der Waals surface area (Å²) >= 11 is 0. The van der Waals surface area contributed by atoms with Gasteiger partial charge in [-0.2, -0.15) is 5.10 Å². The van der Waals surface area contributed by atoms with E-state index in [1.807, 2.05) is 19.1 Å². The molecular formula is C24H31N3O6. The minimum absolute atomic E-state index is 0.00449. The third kappa shape index (κ3) is 3.53. The first-order valence-electron chi connectivity index (χ1n) is 11.4. The number of carbonyl (C=O) groups is 4. The predicted octanol–water partition coefficient (Wildman–Crippen LogP) is 1.79. The molecule has 0 bridgehead atoms. The molecule has 0 spiro atoms. The Morgan fingerprint density at radius 1 is 1.30 bits per heavy atom. The van der Waals surface area contributed by atoms with Gasteiger partial charge < -0.3 is 15.6 Å². The summed E-state index contributed by atoms with van der Waals surface area (Å²) in [5, 5.41) is 15.5. The molecule has 0 saturated heterocycles. The number of rotatable bonds is 4. The number of carbonyl (C=O) groups excluding carboxylic acids is 4. The Morgan fingerprint density at radius 3 is 2.70 bits per heavy atom. The molecule has 0 aromatic rings. The predicted molar refractivity (Wildman–Crippen MR) is 119 cm³/mol. The van der Waals surface area contributed by atoms with Crippen LogP contribution in [0.3, 0.4) is 0 Å². The van der Waals surface area contributed by atoms with Crippen molar-refractivity contribution in [1.82, 2.24) is 5.43 Å². The molecule has 4 rings (SSSR count). The lowest BCUT2D eigenvalue weighted by molar-refractivity contribution is -0.172. The number of nitrogens with zero attached hydrogens (tertiary/aromatic N) is 1. The molecule has 3 saturated carbocycles. The van der Waals surface area contributed by atoms with Gasteiger partial charge in [-0.3, -0.25) is 14.4 Å². The molecule has 0 aliphatic heterocycles. The summed E-state index contributed by atoms with van der Waals surface area (Å²) in [5.74, 6) is -1.30. The van der Waals surface area contributed by atoms with E-state index in [-0.39, 0.29) is 36.4 Å². The zero-order valence-corrected chi connectivity index (χ0v) is 19.2. The molecule has 9 nitrogen and oxygen atoms in total. The number of hydrazone groups is 1. The Kier molecular flexibility index (Phi) is 5.59. The van der Waals surface area contributed by atoms with Crippen molar-refractivity contribution in [2.75, 3.05) is 6.61 Å². The summed E-state index contributed by atoms with van der Waals surface area (Å²) in [6.45, 7) is 4.63. The van der Waals surface area contributed by atoms with E-state index >= 15 is 0 Å². The van der Waals surface area contributed by atoms with Crippen LogP contribution >= 0.6 is 0 Å². The van der Waals surface area contributed by atoms with Crippen LogP contribution in [0.2, 0.25) is 0 Å². The van der Waals surface area contributed by atoms with Gasteiger partial charge in [0.05, 0.1) is 5.71 Å². The number of esters is 1. The Bertz CT molecular complexity index is 1020. The van der Waals surface area contributed by atoms with Gasteiger partial charge in [0.15, 0.2) is 6.61 Å². The molecule has 33 heavy (non-hydrogen) atoms. The fourth-order valence-corrected chi connectivity index (χ4v) is 6.98. The molecule has 4 N–H and O–H groups in total. The van der Waals surface area contributed by atoms with Gasteiger partial charge in [0.25, 0.3) is 0 Å². The number of nitrogens with two attached hydrogens (primary N) is 1. The maximum absolute atomic E-state index is 13.6. The molecule has 9 heteroatoms. The molecule has 4 aliphatic rings. The van der Waals surface area contributed by atoms with Crippen LogP contribution in [0, 0.1) is 28.6 Å². The third-order valence-electron chi connectivity index (χ3n) is 8.58. The number of hydrogen-bond acceptors (Lipinski definition) is 7. The number of hydrogen-bond donors (Lipinski definition) is 3. The van der Waals surface area contributed by atoms with E-state index in [2.05, 4.69) is 17.5 Å². The van der Waals surface area contributed by atoms with Gasteiger partial charge in [0.2, 0.25) is 5.78 Å². The molecular weight excluding hydrogens is 426 g/mol. The fourth-order valence-electron chi connectivity index (χ4n) is 6.98. The molecule has 2 amide bonds. The third-order valence-corrected chi connectivity index (χ3v) is 8.58. The topological polar surface area (TPSA) is 148 Å². The lowest BCUT2D eigenvalue weighted by Gasteiger charge is -2.56. The summed E-state index contributed by atoms with van der Waals surface area (Å²) < 4.78 is 4.88. The molecule has 6 atom stereocenters. The van der Waals surface area contributed by atoms with Crippen molar-refractivity contribution in [2.24, 2.45) is 39.4 Å². The van der Waals surface area contributed by atoms with Crippen LogP contribution < -0.4 is 11.2 Å². The Labute approximate surface area is 192 Å². The van der Waals surface area contributed by atoms with Gasteiger partial charge in [0, 0.05) is 30.1 Å². The quantitative estimate of drug-likeness (QED) is 0.433. The van der Waals surface area contributed by atoms with E-state index in [0.29, 0.717) is 12.1 Å². The summed E-state index contributed by atoms with van der Waals surface area (Å²) in [6, 6.07) is -0.745. The molecule has 0 aromatic heterocycles. The molecule has 0 aromatic carbocycles. The number of nitrogens with one attached hydrogen (secondary N) is 1. The van der Waals surface area contributed by atoms with E-state index in [4.69, 9.17) is 10.5 Å². The normalized spacial score (nSPS) is 40.4. The standard InChI is InChI=1S/C24H31N3O6/c1-13(28)33-12-19(30)24(32)9-7-17-16-5-4-14-10-15(26-27-21(25)31)6-8-22(14,2)20(16)18(29)11-23(17,24)3/h6,8,10,16-17,20,32H,4-5,7,9,11-12H2,1-3H3,(H3,25,27,31)/b26-15+/t16-,17-,20+,22-,23-,24-/m0/s1. The van der Waals surface area contributed by atoms with Crippen molar-refractivity contribution >= 4 is 29.3 Å². The highest BCUT2D eigenvalue weighted by molar-refractivity contribution is 6.06. The summed E-state index contributed by atoms with van der Waals surface area (Å²) in [6.07, 6.45) is 8.18. The highest BCUT2D eigenvalue weighted by atomic mass is 16.5. The van der Waals surface area contributed by atoms with Gasteiger partial charge >= 0.3 is 12.0 Å². The number of urea groups is 1. The van der Waals surface area contributed by atoms with Gasteiger partial charge in [-0.05, 0) is 49.7 Å². The summed E-state index contributed by atoms with van der Waals surface area (Å²) in [7, 11) is 0. The Hall–Kier alpha value is -2.81. The van der Waals surface area contributed by atoms with Gasteiger partial charge in [-0.1, -0.05) is 25.5 Å². The molecule has 3 fully saturated rings. The number of ketones is 2. The van der Waals surface area contributed by atoms with Crippen LogP contribution in [0.15, 0.2) is 28.9 Å². The van der Waals surface area contributed by atoms with Crippen molar-refractivity contribution in [3.63, 3.8) is 0 Å². The monoisotopic (exact) mass is 457 g/mol. The molecule has 0 heterocycles. The Morgan fingerprint density at radius 2 is 2.03 bits per heavy atom. The lowest BCUT2D eigenvalue weighted by Crippen LogP contribution is -2.60. The Balaban J connectivity index is 1.63. The number of amides is 2. The highest BCUT2D eigenvalue weighted by Gasteiger charge is 2.68. The van der Waals surface area contributed by atoms with Crippen LogP contribution in [0.5, 0.6) is 0 Å². The van der Waals surface area contributed by atoms with E-state index in [1.165, 1.54) is 6.92 Å². The average Bonchev–Trinajstić information content (AvgIpc) is 3.01. The maximum atomic E-state index is 13.6. The highest BCUT2D eigenvalue weighted by Crippen LogP contribution is 2.66. The number of allylic oxidation sites excluding steroid dienone is 4. The average molecular weight is 458 g/mol. The van der Waals surface area contributed by atoms with Crippen LogP contribution in [0.4, 0.5) is 4.79 Å². The smallest absolute Gasteiger partial charge is 0.332 e. The molecule has 0 radical (unpaired) electrons. The van der Waals surface area contributed by atoms with Crippen molar-refractivity contribution in [2.45, 2.75) is 58.5 Å². The first-order valence-corrected chi connectivity index (χ1v) is 11.4. The van der Waals surface area contributed by atoms with E-state index in [1.54, 1.807) is 6.08 Å². The van der Waals surface area contributed by atoms with Crippen molar-refractivity contribution < 1.29 is 29.0 Å². The number of fused-ring (bicyclic) bond motifs is 5. The number of Topliss-reactive ketones (excluding diaryl/α,β-unsaturated/α-hetero) is 2. The zero-order valence-electron chi connectivity index (χ0n) is 19.2. The van der Waals surface area contributed by atoms with Crippen LogP contribution in [0.1, 0.15) is 52.9 Å². The second-order valence-corrected chi connectivity index (χ2v) is 10.2. The summed E-state index contributed by atoms with van der Waals surface area (Å²) in [4.78, 5) is 48.7. The second-order valence-electron chi connectivity index (χ2n) is 10.2. The van der Waals surface area contributed by atoms with Gasteiger partial charge in [-0.25, -0.2) is 10.2 Å². The number of aliphatic hydroxyl groups is 1. The van der Waals surface area contributed by atoms with Crippen LogP contribution in [-0.4, -0.2) is 46.6 Å². The van der Waals surface area contributed by atoms with Gasteiger partial charge in [-0.15, -0.1) is 0 Å². The largest absolute Gasteiger partial charge is 0.458 e. The first-order chi connectivity index (χ1) is 15.4. The van der Waals surface area contributed by atoms with Crippen molar-refractivity contribution in [3.05, 3.63) is 23.8 Å². The molecule has 178 valence electrons. The van der Waals surface area contributed by atoms with Crippen LogP contribution in [0.25, 0.3) is 0 Å². The number of primary amides is 1. The van der Waals surface area contributed by atoms with E-state index in [0.717, 1.165) is 18.4 Å². The number of ether oxygens (including phenoxy) is 1. The first kappa shape index (κ1) is 23.4. The fraction of sp³-hybridized carbons (Fsp3) is 0.625. The van der Waals surface area contributed by atoms with Crippen molar-refractivity contribution in [1.29, 1.82) is 0 Å². The minimum atomic E-state index is -1.69. The maximum Gasteiger partial charge on any atom is 0.332 e. The molecule has 4 aliphatic carbocycles. The minimum Gasteiger partial charge on any atom is -0.458 e. The van der Waals surface area contributed by atoms with E-state index in [9.17, 15) is 24.3 Å². The van der Waals surface area contributed by atoms with E-state index < -0.39 is 40.8 Å². The molecule has 0 unspecified atom stereocenters. The van der Waals surface area contributed by atoms with Gasteiger partial charge in [0.1, 0.15) is 11.4 Å². The zero-order chi connectivity index (χ0) is 24.2. The van der Waals surface area contributed by atoms with Crippen molar-refractivity contribution in [3.8, 4) is 0 Å². The lowest BCUT2D eigenvalue weighted by atomic mass is 9.46. The second kappa shape index (κ2) is 7.90. The summed E-state index contributed by atoms with van der Waals surface area (Å²) in [5.41, 5.74) is 5.90. The van der Waals surface area contributed by atoms with Crippen LogP contribution in [-0.2, 0) is 19.1 Å². The SMILES string of the molecule is CC(=O)OCC(=O)[C@@]1(O)CC[C@H]2[C@@H]3CCC4=C/C(=N/NC(N)=O)C=C[C@]4(C)[C@H]3C(=O)C[C@@]21C.